The van der Waals surface area contributed by atoms with Gasteiger partial charge in [0, 0.05) is 12.0 Å². The average Bonchev–Trinajstić information content (AvgIpc) is 2.60. The van der Waals surface area contributed by atoms with E-state index in [1.807, 2.05) is 63.2 Å². The minimum Gasteiger partial charge on any atom is -0.497 e. The van der Waals surface area contributed by atoms with Gasteiger partial charge in [0.1, 0.15) is 22.8 Å². The molecule has 1 atom stereocenters. The minimum absolute atomic E-state index is 0.0276. The van der Waals surface area contributed by atoms with Gasteiger partial charge in [0.05, 0.1) is 13.2 Å². The Morgan fingerprint density at radius 2 is 1.88 bits per heavy atom. The molecule has 0 saturated heterocycles. The third kappa shape index (κ3) is 4.28. The van der Waals surface area contributed by atoms with Crippen molar-refractivity contribution >= 4 is 5.91 Å². The highest BCUT2D eigenvalue weighted by Crippen LogP contribution is 2.41. The Morgan fingerprint density at radius 3 is 2.58 bits per heavy atom. The van der Waals surface area contributed by atoms with E-state index in [0.717, 1.165) is 22.6 Å². The lowest BCUT2D eigenvalue weighted by Crippen LogP contribution is -2.42. The second-order valence-corrected chi connectivity index (χ2v) is 7.19. The van der Waals surface area contributed by atoms with Crippen molar-refractivity contribution in [2.24, 2.45) is 0 Å². The highest BCUT2D eigenvalue weighted by molar-refractivity contribution is 5.78. The molecule has 1 aliphatic rings. The fourth-order valence-electron chi connectivity index (χ4n) is 3.11. The number of nitrogens with one attached hydrogen (secondary N) is 1. The van der Waals surface area contributed by atoms with Crippen molar-refractivity contribution < 1.29 is 19.0 Å². The Bertz CT molecular complexity index is 783. The van der Waals surface area contributed by atoms with E-state index in [2.05, 4.69) is 5.32 Å². The Labute approximate surface area is 154 Å². The molecule has 1 N–H and O–H groups in total. The molecule has 1 aliphatic heterocycles. The fraction of sp³-hybridized carbons (Fsp3) is 0.381. The van der Waals surface area contributed by atoms with E-state index < -0.39 is 0 Å². The van der Waals surface area contributed by atoms with Crippen molar-refractivity contribution in [3.05, 3.63) is 53.6 Å². The molecular weight excluding hydrogens is 330 g/mol. The lowest BCUT2D eigenvalue weighted by atomic mass is 9.89. The van der Waals surface area contributed by atoms with Crippen LogP contribution in [-0.2, 0) is 4.79 Å². The number of benzene rings is 2. The summed E-state index contributed by atoms with van der Waals surface area (Å²) < 4.78 is 16.9. The summed E-state index contributed by atoms with van der Waals surface area (Å²) in [6.07, 6.45) is 0.670. The quantitative estimate of drug-likeness (QED) is 0.886. The zero-order valence-electron chi connectivity index (χ0n) is 15.7. The van der Waals surface area contributed by atoms with Gasteiger partial charge in [0.25, 0.3) is 5.91 Å². The van der Waals surface area contributed by atoms with Crippen LogP contribution in [-0.4, -0.2) is 25.2 Å². The number of methoxy groups -OCH3 is 1. The summed E-state index contributed by atoms with van der Waals surface area (Å²) in [5.74, 6) is 2.02. The monoisotopic (exact) mass is 355 g/mol. The molecule has 2 aromatic carbocycles. The van der Waals surface area contributed by atoms with E-state index in [0.29, 0.717) is 12.2 Å². The van der Waals surface area contributed by atoms with Crippen LogP contribution in [0.25, 0.3) is 0 Å². The van der Waals surface area contributed by atoms with Gasteiger partial charge in [-0.2, -0.15) is 0 Å². The molecule has 5 nitrogen and oxygen atoms in total. The normalized spacial score (nSPS) is 17.6. The summed E-state index contributed by atoms with van der Waals surface area (Å²) in [6.45, 7) is 6.01. The zero-order chi connectivity index (χ0) is 18.7. The van der Waals surface area contributed by atoms with E-state index in [4.69, 9.17) is 14.2 Å². The van der Waals surface area contributed by atoms with Crippen molar-refractivity contribution in [1.82, 2.24) is 5.32 Å². The first kappa shape index (κ1) is 18.1. The van der Waals surface area contributed by atoms with Gasteiger partial charge in [-0.1, -0.05) is 17.7 Å². The second kappa shape index (κ2) is 7.28. The number of aryl methyl sites for hydroxylation is 1. The molecule has 3 rings (SSSR count). The topological polar surface area (TPSA) is 56.8 Å². The largest absolute Gasteiger partial charge is 0.497 e. The molecule has 0 fully saturated rings. The summed E-state index contributed by atoms with van der Waals surface area (Å²) in [6, 6.07) is 13.1. The molecule has 2 aromatic rings. The third-order valence-corrected chi connectivity index (χ3v) is 4.40. The van der Waals surface area contributed by atoms with Gasteiger partial charge in [-0.3, -0.25) is 4.79 Å². The van der Waals surface area contributed by atoms with E-state index in [1.54, 1.807) is 7.11 Å². The van der Waals surface area contributed by atoms with Crippen LogP contribution < -0.4 is 19.5 Å². The van der Waals surface area contributed by atoms with Crippen LogP contribution in [0.5, 0.6) is 17.2 Å². The SMILES string of the molecule is COc1ccc2c(c1)[C@@H](NC(=O)COc1ccc(C)cc1)CC(C)(C)O2. The number of hydrogen-bond acceptors (Lipinski definition) is 4. The van der Waals surface area contributed by atoms with E-state index in [1.165, 1.54) is 0 Å². The second-order valence-electron chi connectivity index (χ2n) is 7.19. The number of carbonyl (C=O) groups excluding carboxylic acids is 1. The molecule has 138 valence electrons. The molecule has 1 amide bonds. The molecule has 26 heavy (non-hydrogen) atoms. The maximum atomic E-state index is 12.4. The van der Waals surface area contributed by atoms with Gasteiger partial charge in [-0.25, -0.2) is 0 Å². The van der Waals surface area contributed by atoms with Gasteiger partial charge >= 0.3 is 0 Å². The average molecular weight is 355 g/mol. The number of amides is 1. The van der Waals surface area contributed by atoms with Gasteiger partial charge in [-0.05, 0) is 51.1 Å². The van der Waals surface area contributed by atoms with Gasteiger partial charge in [0.2, 0.25) is 0 Å². The van der Waals surface area contributed by atoms with Crippen molar-refractivity contribution in [1.29, 1.82) is 0 Å². The number of ether oxygens (including phenoxy) is 3. The number of hydrogen-bond donors (Lipinski definition) is 1. The maximum absolute atomic E-state index is 12.4. The summed E-state index contributed by atoms with van der Waals surface area (Å²) >= 11 is 0. The molecular formula is C21H25NO4. The summed E-state index contributed by atoms with van der Waals surface area (Å²) in [4.78, 5) is 12.4. The predicted molar refractivity (Wildman–Crippen MR) is 99.9 cm³/mol. The summed E-state index contributed by atoms with van der Waals surface area (Å²) in [5.41, 5.74) is 1.71. The van der Waals surface area contributed by atoms with Crippen LogP contribution in [0.4, 0.5) is 0 Å². The first-order valence-corrected chi connectivity index (χ1v) is 8.72. The van der Waals surface area contributed by atoms with Crippen LogP contribution in [0.3, 0.4) is 0 Å². The van der Waals surface area contributed by atoms with Crippen LogP contribution in [0.15, 0.2) is 42.5 Å². The van der Waals surface area contributed by atoms with Gasteiger partial charge in [-0.15, -0.1) is 0 Å². The van der Waals surface area contributed by atoms with Crippen molar-refractivity contribution in [3.63, 3.8) is 0 Å². The van der Waals surface area contributed by atoms with Crippen molar-refractivity contribution in [2.45, 2.75) is 38.8 Å². The molecule has 0 radical (unpaired) electrons. The Balaban J connectivity index is 1.70. The fourth-order valence-corrected chi connectivity index (χ4v) is 3.11. The zero-order valence-corrected chi connectivity index (χ0v) is 15.7. The van der Waals surface area contributed by atoms with E-state index >= 15 is 0 Å². The third-order valence-electron chi connectivity index (χ3n) is 4.40. The Hall–Kier alpha value is -2.69. The van der Waals surface area contributed by atoms with Crippen LogP contribution >= 0.6 is 0 Å². The van der Waals surface area contributed by atoms with Crippen molar-refractivity contribution in [3.8, 4) is 17.2 Å². The maximum Gasteiger partial charge on any atom is 0.258 e. The Morgan fingerprint density at radius 1 is 1.19 bits per heavy atom. The lowest BCUT2D eigenvalue weighted by molar-refractivity contribution is -0.124. The smallest absolute Gasteiger partial charge is 0.258 e. The summed E-state index contributed by atoms with van der Waals surface area (Å²) in [7, 11) is 1.62. The molecule has 0 unspecified atom stereocenters. The molecule has 5 heteroatoms. The van der Waals surface area contributed by atoms with Crippen LogP contribution in [0, 0.1) is 6.92 Å². The molecule has 0 aromatic heterocycles. The number of rotatable bonds is 5. The first-order chi connectivity index (χ1) is 12.4. The standard InChI is InChI=1S/C21H25NO4/c1-14-5-7-15(8-6-14)25-13-20(23)22-18-12-21(2,3)26-19-10-9-16(24-4)11-17(18)19/h5-11,18H,12-13H2,1-4H3,(H,22,23)/t18-/m0/s1. The lowest BCUT2D eigenvalue weighted by Gasteiger charge is -2.38. The molecule has 0 spiro atoms. The number of carbonyl (C=O) groups is 1. The molecule has 0 bridgehead atoms. The van der Waals surface area contributed by atoms with Crippen LogP contribution in [0.2, 0.25) is 0 Å². The molecule has 0 aliphatic carbocycles. The van der Waals surface area contributed by atoms with Crippen LogP contribution in [0.1, 0.15) is 37.4 Å². The van der Waals surface area contributed by atoms with E-state index in [9.17, 15) is 4.79 Å². The molecule has 0 saturated carbocycles. The van der Waals surface area contributed by atoms with E-state index in [-0.39, 0.29) is 24.2 Å². The highest BCUT2D eigenvalue weighted by atomic mass is 16.5. The van der Waals surface area contributed by atoms with Gasteiger partial charge in [0.15, 0.2) is 6.61 Å². The Kier molecular flexibility index (Phi) is 5.07. The van der Waals surface area contributed by atoms with Gasteiger partial charge < -0.3 is 19.5 Å². The first-order valence-electron chi connectivity index (χ1n) is 8.72. The summed E-state index contributed by atoms with van der Waals surface area (Å²) in [5, 5.41) is 3.06. The minimum atomic E-state index is -0.364. The highest BCUT2D eigenvalue weighted by Gasteiger charge is 2.34. The number of fused-ring (bicyclic) bond motifs is 1. The van der Waals surface area contributed by atoms with Crippen molar-refractivity contribution in [2.75, 3.05) is 13.7 Å². The molecule has 1 heterocycles. The predicted octanol–water partition coefficient (Wildman–Crippen LogP) is 3.80.